The fourth-order valence-corrected chi connectivity index (χ4v) is 3.25. The summed E-state index contributed by atoms with van der Waals surface area (Å²) < 4.78 is 1.35. The number of rotatable bonds is 5. The molecule has 6 heteroatoms. The highest BCUT2D eigenvalue weighted by molar-refractivity contribution is 7.20. The van der Waals surface area contributed by atoms with Crippen LogP contribution in [0.25, 0.3) is 4.96 Å². The summed E-state index contributed by atoms with van der Waals surface area (Å²) in [6.45, 7) is 3.94. The number of aromatic nitrogens is 3. The summed E-state index contributed by atoms with van der Waals surface area (Å²) in [5.41, 5.74) is 1.91. The number of hydrogen-bond acceptors (Lipinski definition) is 5. The van der Waals surface area contributed by atoms with E-state index in [0.717, 1.165) is 23.7 Å². The number of anilines is 1. The molecule has 3 rings (SSSR count). The van der Waals surface area contributed by atoms with Crippen molar-refractivity contribution in [3.8, 4) is 0 Å². The zero-order valence-electron chi connectivity index (χ0n) is 12.6. The molecular formula is C16H18N4OS. The number of aryl methyl sites for hydroxylation is 2. The van der Waals surface area contributed by atoms with E-state index in [9.17, 15) is 4.79 Å². The molecule has 0 saturated carbocycles. The van der Waals surface area contributed by atoms with Gasteiger partial charge in [0.1, 0.15) is 0 Å². The first kappa shape index (κ1) is 14.7. The number of fused-ring (bicyclic) bond motifs is 1. The van der Waals surface area contributed by atoms with Gasteiger partial charge < -0.3 is 5.32 Å². The Labute approximate surface area is 132 Å². The summed E-state index contributed by atoms with van der Waals surface area (Å²) >= 11 is 1.41. The van der Waals surface area contributed by atoms with Crippen molar-refractivity contribution in [2.75, 3.05) is 5.32 Å². The van der Waals surface area contributed by atoms with Gasteiger partial charge in [-0.05, 0) is 32.3 Å². The van der Waals surface area contributed by atoms with Gasteiger partial charge in [-0.2, -0.15) is 4.52 Å². The zero-order valence-corrected chi connectivity index (χ0v) is 13.4. The summed E-state index contributed by atoms with van der Waals surface area (Å²) in [5, 5.41) is 8.39. The Hall–Kier alpha value is -2.21. The van der Waals surface area contributed by atoms with Crippen molar-refractivity contribution in [3.63, 3.8) is 0 Å². The second-order valence-electron chi connectivity index (χ2n) is 5.41. The van der Waals surface area contributed by atoms with Crippen LogP contribution in [0.4, 0.5) is 5.13 Å². The van der Waals surface area contributed by atoms with E-state index < -0.39 is 0 Å². The lowest BCUT2D eigenvalue weighted by atomic mass is 10.1. The summed E-state index contributed by atoms with van der Waals surface area (Å²) in [6.07, 6.45) is 2.01. The van der Waals surface area contributed by atoms with E-state index >= 15 is 0 Å². The minimum absolute atomic E-state index is 0.135. The maximum absolute atomic E-state index is 11.8. The molecule has 3 aromatic rings. The topological polar surface area (TPSA) is 59.3 Å². The predicted molar refractivity (Wildman–Crippen MR) is 89.7 cm³/mol. The molecular weight excluding hydrogens is 296 g/mol. The molecule has 0 bridgehead atoms. The lowest BCUT2D eigenvalue weighted by Crippen LogP contribution is -2.17. The van der Waals surface area contributed by atoms with Crippen molar-refractivity contribution in [1.82, 2.24) is 14.6 Å². The van der Waals surface area contributed by atoms with Gasteiger partial charge in [0.05, 0.1) is 0 Å². The molecule has 1 atom stereocenters. The average molecular weight is 314 g/mol. The van der Waals surface area contributed by atoms with E-state index in [1.54, 1.807) is 0 Å². The van der Waals surface area contributed by atoms with Crippen molar-refractivity contribution >= 4 is 21.4 Å². The Morgan fingerprint density at radius 2 is 2.09 bits per heavy atom. The summed E-state index contributed by atoms with van der Waals surface area (Å²) in [7, 11) is 0. The molecule has 22 heavy (non-hydrogen) atoms. The maximum Gasteiger partial charge on any atom is 0.275 e. The lowest BCUT2D eigenvalue weighted by molar-refractivity contribution is 0.702. The highest BCUT2D eigenvalue weighted by Gasteiger charge is 2.10. The number of nitrogens with zero attached hydrogens (tertiary/aromatic N) is 3. The van der Waals surface area contributed by atoms with Gasteiger partial charge in [-0.1, -0.05) is 41.7 Å². The van der Waals surface area contributed by atoms with Gasteiger partial charge in [-0.15, -0.1) is 5.10 Å². The molecule has 2 aromatic heterocycles. The molecule has 1 aromatic carbocycles. The van der Waals surface area contributed by atoms with Crippen LogP contribution in [0, 0.1) is 6.92 Å². The molecule has 0 fully saturated rings. The van der Waals surface area contributed by atoms with E-state index in [-0.39, 0.29) is 11.6 Å². The first-order valence-corrected chi connectivity index (χ1v) is 8.11. The van der Waals surface area contributed by atoms with Crippen molar-refractivity contribution in [3.05, 3.63) is 58.0 Å². The minimum atomic E-state index is -0.135. The molecule has 1 unspecified atom stereocenters. The fourth-order valence-electron chi connectivity index (χ4n) is 2.29. The molecule has 0 aliphatic carbocycles. The van der Waals surface area contributed by atoms with Crippen LogP contribution in [-0.2, 0) is 6.42 Å². The summed E-state index contributed by atoms with van der Waals surface area (Å²) in [6, 6.07) is 12.2. The molecule has 0 aliphatic heterocycles. The van der Waals surface area contributed by atoms with Crippen LogP contribution in [0.3, 0.4) is 0 Å². The van der Waals surface area contributed by atoms with Crippen molar-refractivity contribution in [2.24, 2.45) is 0 Å². The third-order valence-corrected chi connectivity index (χ3v) is 4.29. The standard InChI is InChI=1S/C16H18N4OS/c1-11(8-9-13-6-4-3-5-7-13)17-15-19-20-14(21)10-12(2)18-16(20)22-15/h3-7,10-11H,8-9H2,1-2H3,(H,17,19). The summed E-state index contributed by atoms with van der Waals surface area (Å²) in [4.78, 5) is 16.8. The minimum Gasteiger partial charge on any atom is -0.358 e. The Morgan fingerprint density at radius 3 is 2.86 bits per heavy atom. The molecule has 0 spiro atoms. The second kappa shape index (κ2) is 6.27. The summed E-state index contributed by atoms with van der Waals surface area (Å²) in [5.74, 6) is 0. The van der Waals surface area contributed by atoms with Crippen LogP contribution in [0.1, 0.15) is 24.6 Å². The van der Waals surface area contributed by atoms with Crippen LogP contribution in [0.15, 0.2) is 41.2 Å². The Bertz CT molecular complexity index is 825. The fraction of sp³-hybridized carbons (Fsp3) is 0.312. The lowest BCUT2D eigenvalue weighted by Gasteiger charge is -2.12. The highest BCUT2D eigenvalue weighted by atomic mass is 32.1. The van der Waals surface area contributed by atoms with Gasteiger partial charge in [0.2, 0.25) is 10.1 Å². The monoisotopic (exact) mass is 314 g/mol. The second-order valence-corrected chi connectivity index (χ2v) is 6.36. The third kappa shape index (κ3) is 3.33. The Morgan fingerprint density at radius 1 is 1.32 bits per heavy atom. The first-order chi connectivity index (χ1) is 10.6. The van der Waals surface area contributed by atoms with Gasteiger partial charge in [0, 0.05) is 17.8 Å². The molecule has 1 N–H and O–H groups in total. The zero-order chi connectivity index (χ0) is 15.5. The van der Waals surface area contributed by atoms with E-state index in [1.165, 1.54) is 27.5 Å². The predicted octanol–water partition coefficient (Wildman–Crippen LogP) is 2.89. The van der Waals surface area contributed by atoms with Crippen molar-refractivity contribution < 1.29 is 0 Å². The highest BCUT2D eigenvalue weighted by Crippen LogP contribution is 2.18. The molecule has 5 nitrogen and oxygen atoms in total. The number of nitrogens with one attached hydrogen (secondary N) is 1. The molecule has 0 radical (unpaired) electrons. The largest absolute Gasteiger partial charge is 0.358 e. The van der Waals surface area contributed by atoms with E-state index in [1.807, 2.05) is 13.0 Å². The molecule has 0 aliphatic rings. The third-order valence-electron chi connectivity index (χ3n) is 3.45. The van der Waals surface area contributed by atoms with E-state index in [0.29, 0.717) is 4.96 Å². The normalized spacial score (nSPS) is 12.5. The Kier molecular flexibility index (Phi) is 4.20. The first-order valence-electron chi connectivity index (χ1n) is 7.30. The number of hydrogen-bond donors (Lipinski definition) is 1. The quantitative estimate of drug-likeness (QED) is 0.786. The van der Waals surface area contributed by atoms with E-state index in [2.05, 4.69) is 46.6 Å². The average Bonchev–Trinajstić information content (AvgIpc) is 2.89. The molecule has 114 valence electrons. The Balaban J connectivity index is 1.67. The van der Waals surface area contributed by atoms with Crippen LogP contribution in [0.2, 0.25) is 0 Å². The van der Waals surface area contributed by atoms with Crippen molar-refractivity contribution in [1.29, 1.82) is 0 Å². The van der Waals surface area contributed by atoms with Crippen LogP contribution < -0.4 is 10.9 Å². The SMILES string of the molecule is Cc1cc(=O)n2nc(NC(C)CCc3ccccc3)sc2n1. The molecule has 0 amide bonds. The van der Waals surface area contributed by atoms with Gasteiger partial charge >= 0.3 is 0 Å². The van der Waals surface area contributed by atoms with Gasteiger partial charge in [-0.3, -0.25) is 4.79 Å². The smallest absolute Gasteiger partial charge is 0.275 e. The van der Waals surface area contributed by atoms with Crippen LogP contribution >= 0.6 is 11.3 Å². The van der Waals surface area contributed by atoms with Gasteiger partial charge in [-0.25, -0.2) is 4.98 Å². The molecule has 2 heterocycles. The van der Waals surface area contributed by atoms with Crippen LogP contribution in [-0.4, -0.2) is 20.6 Å². The van der Waals surface area contributed by atoms with Gasteiger partial charge in [0.15, 0.2) is 0 Å². The van der Waals surface area contributed by atoms with E-state index in [4.69, 9.17) is 0 Å². The van der Waals surface area contributed by atoms with Gasteiger partial charge in [0.25, 0.3) is 5.56 Å². The van der Waals surface area contributed by atoms with Crippen molar-refractivity contribution in [2.45, 2.75) is 32.7 Å². The van der Waals surface area contributed by atoms with Crippen LogP contribution in [0.5, 0.6) is 0 Å². The molecule has 0 saturated heterocycles. The maximum atomic E-state index is 11.8. The number of benzene rings is 1.